The number of hydrogen-bond acceptors (Lipinski definition) is 1. The molecule has 4 heteroatoms. The predicted molar refractivity (Wildman–Crippen MR) is 137 cm³/mol. The molecule has 2 rings (SSSR count). The molecular formula is C28H44O3S. The average molecular weight is 461 g/mol. The fraction of sp³-hybridized carbons (Fsp3) is 0.571. The zero-order valence-electron chi connectivity index (χ0n) is 20.2. The van der Waals surface area contributed by atoms with Gasteiger partial charge in [-0.15, -0.1) is 0 Å². The molecule has 0 spiro atoms. The van der Waals surface area contributed by atoms with Crippen LogP contribution in [0.25, 0.3) is 0 Å². The maximum absolute atomic E-state index is 13.9. The van der Waals surface area contributed by atoms with Crippen molar-refractivity contribution in [1.82, 2.24) is 0 Å². The lowest BCUT2D eigenvalue weighted by Gasteiger charge is -2.34. The van der Waals surface area contributed by atoms with Crippen molar-refractivity contribution in [1.29, 1.82) is 0 Å². The summed E-state index contributed by atoms with van der Waals surface area (Å²) < 4.78 is 36.6. The van der Waals surface area contributed by atoms with E-state index in [2.05, 4.69) is 13.8 Å². The number of benzene rings is 2. The Hall–Kier alpha value is -1.49. The van der Waals surface area contributed by atoms with E-state index >= 15 is 0 Å². The van der Waals surface area contributed by atoms with Gasteiger partial charge in [-0.1, -0.05) is 114 Å². The van der Waals surface area contributed by atoms with Gasteiger partial charge in [-0.3, -0.25) is 0 Å². The molecule has 0 aliphatic rings. The first kappa shape index (κ1) is 26.8. The highest BCUT2D eigenvalue weighted by molar-refractivity contribution is 8.10. The maximum atomic E-state index is 13.9. The second-order valence-corrected chi connectivity index (χ2v) is 11.7. The Morgan fingerprint density at radius 3 is 1.31 bits per heavy atom. The molecule has 0 bridgehead atoms. The molecule has 0 aliphatic heterocycles. The Morgan fingerprint density at radius 1 is 0.562 bits per heavy atom. The van der Waals surface area contributed by atoms with Crippen LogP contribution in [0.2, 0.25) is 0 Å². The zero-order valence-corrected chi connectivity index (χ0v) is 21.0. The monoisotopic (exact) mass is 460 g/mol. The third kappa shape index (κ3) is 7.83. The van der Waals surface area contributed by atoms with Crippen LogP contribution in [-0.2, 0) is 22.5 Å². The summed E-state index contributed by atoms with van der Waals surface area (Å²) in [4.78, 5) is 0.349. The molecule has 0 radical (unpaired) electrons. The van der Waals surface area contributed by atoms with E-state index in [0.717, 1.165) is 36.8 Å². The molecule has 180 valence electrons. The van der Waals surface area contributed by atoms with Crippen molar-refractivity contribution in [3.05, 3.63) is 59.7 Å². The second-order valence-electron chi connectivity index (χ2n) is 9.12. The lowest BCUT2D eigenvalue weighted by molar-refractivity contribution is 0.387. The van der Waals surface area contributed by atoms with Gasteiger partial charge in [0, 0.05) is 0 Å². The summed E-state index contributed by atoms with van der Waals surface area (Å²) in [5.41, 5.74) is 1.55. The molecule has 0 amide bonds. The molecule has 2 N–H and O–H groups in total. The van der Waals surface area contributed by atoms with E-state index in [1.165, 1.54) is 51.4 Å². The van der Waals surface area contributed by atoms with Crippen LogP contribution in [0.5, 0.6) is 0 Å². The Balaban J connectivity index is 2.16. The molecular weight excluding hydrogens is 416 g/mol. The van der Waals surface area contributed by atoms with Gasteiger partial charge in [0.2, 0.25) is 0 Å². The van der Waals surface area contributed by atoms with Crippen molar-refractivity contribution in [2.75, 3.05) is 0 Å². The topological polar surface area (TPSA) is 57.5 Å². The predicted octanol–water partition coefficient (Wildman–Crippen LogP) is 8.68. The molecule has 0 unspecified atom stereocenters. The standard InChI is InChI=1S/C28H44O3S/c1-3-5-7-9-11-13-19-25-21-15-17-23-27(25)32(29,30,31)28-24-18-16-22-26(28)20-14-12-10-8-6-4-2/h15-18,21-24H,3-14,19-20H2,1-2H3,(H2,29,30,31). The molecule has 0 fully saturated rings. The lowest BCUT2D eigenvalue weighted by Crippen LogP contribution is -2.34. The number of unbranched alkanes of at least 4 members (excludes halogenated alkanes) is 10. The van der Waals surface area contributed by atoms with Crippen LogP contribution in [0.15, 0.2) is 58.3 Å². The van der Waals surface area contributed by atoms with Crippen LogP contribution in [0.3, 0.4) is 0 Å². The summed E-state index contributed by atoms with van der Waals surface area (Å²) in [6, 6.07) is 14.3. The molecule has 0 aliphatic carbocycles. The van der Waals surface area contributed by atoms with Crippen molar-refractivity contribution < 1.29 is 13.3 Å². The molecule has 0 aromatic heterocycles. The minimum absolute atomic E-state index is 0.174. The van der Waals surface area contributed by atoms with E-state index < -0.39 is 9.63 Å². The number of rotatable bonds is 16. The maximum Gasteiger partial charge on any atom is 0.136 e. The van der Waals surface area contributed by atoms with Gasteiger partial charge in [0.25, 0.3) is 0 Å². The van der Waals surface area contributed by atoms with E-state index in [4.69, 9.17) is 0 Å². The summed E-state index contributed by atoms with van der Waals surface area (Å²) in [7, 11) is -5.15. The SMILES string of the molecule is CCCCCCCCc1ccccc1S(=O)(O)(O)c1ccccc1CCCCCCCC. The van der Waals surface area contributed by atoms with E-state index in [1.54, 1.807) is 24.3 Å². The van der Waals surface area contributed by atoms with E-state index in [0.29, 0.717) is 12.8 Å². The summed E-state index contributed by atoms with van der Waals surface area (Å²) in [6.45, 7) is 4.42. The van der Waals surface area contributed by atoms with Crippen molar-refractivity contribution in [2.24, 2.45) is 0 Å². The Bertz CT molecular complexity index is 803. The van der Waals surface area contributed by atoms with Gasteiger partial charge in [-0.2, -0.15) is 0 Å². The molecule has 3 nitrogen and oxygen atoms in total. The van der Waals surface area contributed by atoms with Gasteiger partial charge in [-0.05, 0) is 48.9 Å². The van der Waals surface area contributed by atoms with Gasteiger partial charge in [0.1, 0.15) is 9.63 Å². The molecule has 32 heavy (non-hydrogen) atoms. The highest BCUT2D eigenvalue weighted by Gasteiger charge is 2.38. The first-order chi connectivity index (χ1) is 15.4. The number of hydrogen-bond donors (Lipinski definition) is 2. The summed E-state index contributed by atoms with van der Waals surface area (Å²) in [5.74, 6) is 0. The van der Waals surface area contributed by atoms with E-state index in [-0.39, 0.29) is 9.79 Å². The van der Waals surface area contributed by atoms with Crippen LogP contribution < -0.4 is 0 Å². The quantitative estimate of drug-likeness (QED) is 0.246. The van der Waals surface area contributed by atoms with Crippen LogP contribution in [0, 0.1) is 0 Å². The van der Waals surface area contributed by atoms with Gasteiger partial charge < -0.3 is 9.11 Å². The van der Waals surface area contributed by atoms with Crippen molar-refractivity contribution in [3.63, 3.8) is 0 Å². The first-order valence-electron chi connectivity index (χ1n) is 12.7. The molecule has 0 saturated carbocycles. The molecule has 0 heterocycles. The highest BCUT2D eigenvalue weighted by atomic mass is 32.3. The highest BCUT2D eigenvalue weighted by Crippen LogP contribution is 2.42. The van der Waals surface area contributed by atoms with Crippen molar-refractivity contribution in [2.45, 2.75) is 114 Å². The van der Waals surface area contributed by atoms with Crippen LogP contribution in [0.1, 0.15) is 102 Å². The van der Waals surface area contributed by atoms with Gasteiger partial charge in [-0.25, -0.2) is 4.21 Å². The largest absolute Gasteiger partial charge is 0.301 e. The summed E-state index contributed by atoms with van der Waals surface area (Å²) >= 11 is 0. The number of aryl methyl sites for hydroxylation is 2. The zero-order chi connectivity index (χ0) is 23.3. The summed E-state index contributed by atoms with van der Waals surface area (Å²) in [5, 5.41) is 0. The lowest BCUT2D eigenvalue weighted by atomic mass is 10.0. The van der Waals surface area contributed by atoms with Crippen molar-refractivity contribution >= 4 is 9.63 Å². The first-order valence-corrected chi connectivity index (χ1v) is 14.6. The molecule has 2 aromatic rings. The smallest absolute Gasteiger partial charge is 0.136 e. The third-order valence-electron chi connectivity index (χ3n) is 6.34. The third-order valence-corrected chi connectivity index (χ3v) is 8.72. The van der Waals surface area contributed by atoms with E-state index in [1.807, 2.05) is 24.3 Å². The molecule has 0 atom stereocenters. The van der Waals surface area contributed by atoms with Crippen LogP contribution in [-0.4, -0.2) is 13.3 Å². The Labute approximate surface area is 196 Å². The average Bonchev–Trinajstić information content (AvgIpc) is 2.79. The van der Waals surface area contributed by atoms with Gasteiger partial charge >= 0.3 is 0 Å². The normalized spacial score (nSPS) is 13.1. The second kappa shape index (κ2) is 13.3. The fourth-order valence-corrected chi connectivity index (χ4v) is 6.62. The Morgan fingerprint density at radius 2 is 0.906 bits per heavy atom. The van der Waals surface area contributed by atoms with Crippen LogP contribution in [0.4, 0.5) is 0 Å². The van der Waals surface area contributed by atoms with Gasteiger partial charge in [0.15, 0.2) is 0 Å². The van der Waals surface area contributed by atoms with Gasteiger partial charge in [0.05, 0.1) is 9.79 Å². The molecule has 0 saturated heterocycles. The fourth-order valence-electron chi connectivity index (χ4n) is 4.45. The van der Waals surface area contributed by atoms with Crippen LogP contribution >= 0.6 is 0 Å². The Kier molecular flexibility index (Phi) is 11.1. The van der Waals surface area contributed by atoms with E-state index in [9.17, 15) is 13.3 Å². The minimum atomic E-state index is -5.15. The van der Waals surface area contributed by atoms with Crippen molar-refractivity contribution in [3.8, 4) is 0 Å². The minimum Gasteiger partial charge on any atom is -0.301 e. The molecule has 2 aromatic carbocycles. The summed E-state index contributed by atoms with van der Waals surface area (Å²) in [6.07, 6.45) is 15.4.